The Hall–Kier alpha value is -1.11. The quantitative estimate of drug-likeness (QED) is 0.486. The van der Waals surface area contributed by atoms with Crippen molar-refractivity contribution in [1.82, 2.24) is 0 Å². The highest BCUT2D eigenvalue weighted by Crippen LogP contribution is 2.19. The van der Waals surface area contributed by atoms with Crippen molar-refractivity contribution >= 4 is 5.78 Å². The molecule has 0 atom stereocenters. The van der Waals surface area contributed by atoms with Gasteiger partial charge in [0.25, 0.3) is 7.11 Å². The van der Waals surface area contributed by atoms with E-state index in [1.807, 2.05) is 6.08 Å². The fourth-order valence-electron chi connectivity index (χ4n) is 1.32. The minimum atomic E-state index is 0.928. The van der Waals surface area contributed by atoms with E-state index in [1.165, 1.54) is 16.7 Å². The summed E-state index contributed by atoms with van der Waals surface area (Å²) in [5.41, 5.74) is 3.93. The Morgan fingerprint density at radius 2 is 1.92 bits per heavy atom. The van der Waals surface area contributed by atoms with Crippen LogP contribution in [0.4, 0.5) is 0 Å². The summed E-state index contributed by atoms with van der Waals surface area (Å²) in [6, 6.07) is 0. The third-order valence-electron chi connectivity index (χ3n) is 1.97. The fraction of sp³-hybridized carbons (Fsp3) is 0.364. The van der Waals surface area contributed by atoms with Gasteiger partial charge in [-0.25, -0.2) is 0 Å². The molecule has 0 unspecified atom stereocenters. The van der Waals surface area contributed by atoms with Gasteiger partial charge in [0.1, 0.15) is 0 Å². The molecule has 0 saturated carbocycles. The Morgan fingerprint density at radius 3 is 2.33 bits per heavy atom. The first-order valence-electron chi connectivity index (χ1n) is 4.10. The van der Waals surface area contributed by atoms with E-state index in [4.69, 9.17) is 4.42 Å². The molecular formula is C11H15O+. The van der Waals surface area contributed by atoms with E-state index in [-0.39, 0.29) is 0 Å². The van der Waals surface area contributed by atoms with Crippen LogP contribution in [0.25, 0.3) is 0 Å². The Labute approximate surface area is 73.8 Å². The van der Waals surface area contributed by atoms with Gasteiger partial charge in [0.05, 0.1) is 0 Å². The van der Waals surface area contributed by atoms with Gasteiger partial charge in [0.2, 0.25) is 0 Å². The van der Waals surface area contributed by atoms with Gasteiger partial charge in [-0.2, -0.15) is 0 Å². The molecule has 0 spiro atoms. The number of rotatable bonds is 0. The molecule has 1 aliphatic carbocycles. The van der Waals surface area contributed by atoms with Gasteiger partial charge in [-0.3, -0.25) is 4.42 Å². The van der Waals surface area contributed by atoms with Crippen LogP contribution in [0, 0.1) is 0 Å². The van der Waals surface area contributed by atoms with E-state index in [0.717, 1.165) is 5.78 Å². The van der Waals surface area contributed by atoms with E-state index in [2.05, 4.69) is 32.9 Å². The van der Waals surface area contributed by atoms with Crippen LogP contribution < -0.4 is 0 Å². The van der Waals surface area contributed by atoms with Crippen molar-refractivity contribution in [2.24, 2.45) is 0 Å². The normalized spacial score (nSPS) is 19.8. The summed E-state index contributed by atoms with van der Waals surface area (Å²) in [5.74, 6) is 0.928. The molecule has 0 saturated heterocycles. The van der Waals surface area contributed by atoms with E-state index in [0.29, 0.717) is 0 Å². The second-order valence-corrected chi connectivity index (χ2v) is 3.18. The Kier molecular flexibility index (Phi) is 2.64. The van der Waals surface area contributed by atoms with Gasteiger partial charge in [-0.15, -0.1) is 0 Å². The zero-order valence-corrected chi connectivity index (χ0v) is 8.14. The van der Waals surface area contributed by atoms with Crippen LogP contribution in [-0.4, -0.2) is 12.9 Å². The highest BCUT2D eigenvalue weighted by Gasteiger charge is 2.11. The number of ketones is 1. The summed E-state index contributed by atoms with van der Waals surface area (Å²) in [4.78, 5) is 0. The predicted molar refractivity (Wildman–Crippen MR) is 52.2 cm³/mol. The lowest BCUT2D eigenvalue weighted by Gasteiger charge is -2.06. The van der Waals surface area contributed by atoms with Gasteiger partial charge < -0.3 is 0 Å². The summed E-state index contributed by atoms with van der Waals surface area (Å²) < 4.78 is 5.12. The average molecular weight is 163 g/mol. The molecule has 0 aromatic rings. The van der Waals surface area contributed by atoms with Gasteiger partial charge in [-0.1, -0.05) is 5.57 Å². The maximum Gasteiger partial charge on any atom is 0.343 e. The van der Waals surface area contributed by atoms with Crippen LogP contribution in [0.1, 0.15) is 20.8 Å². The zero-order valence-electron chi connectivity index (χ0n) is 8.14. The Bertz CT molecular complexity index is 297. The third-order valence-corrected chi connectivity index (χ3v) is 1.97. The molecule has 1 heteroatoms. The number of hydrogen-bond donors (Lipinski definition) is 0. The van der Waals surface area contributed by atoms with Crippen molar-refractivity contribution in [3.05, 3.63) is 34.9 Å². The molecule has 0 amide bonds. The molecule has 0 radical (unpaired) electrons. The summed E-state index contributed by atoms with van der Waals surface area (Å²) in [7, 11) is 1.69. The molecule has 0 aromatic carbocycles. The highest BCUT2D eigenvalue weighted by molar-refractivity contribution is 6.02. The molecule has 0 fully saturated rings. The van der Waals surface area contributed by atoms with Crippen LogP contribution in [0.3, 0.4) is 0 Å². The van der Waals surface area contributed by atoms with Gasteiger partial charge in [0, 0.05) is 12.2 Å². The largest absolute Gasteiger partial charge is 0.343 e. The van der Waals surface area contributed by atoms with Crippen LogP contribution in [-0.2, 0) is 4.42 Å². The van der Waals surface area contributed by atoms with Crippen molar-refractivity contribution in [3.63, 3.8) is 0 Å². The Balaban J connectivity index is 3.07. The third kappa shape index (κ3) is 1.73. The van der Waals surface area contributed by atoms with Crippen molar-refractivity contribution in [3.8, 4) is 0 Å². The predicted octanol–water partition coefficient (Wildman–Crippen LogP) is 2.57. The monoisotopic (exact) mass is 163 g/mol. The molecule has 64 valence electrons. The summed E-state index contributed by atoms with van der Waals surface area (Å²) in [6.07, 6.45) is 6.15. The molecule has 12 heavy (non-hydrogen) atoms. The number of carbonyl (C=O) groups excluding carboxylic acids is 1. The van der Waals surface area contributed by atoms with E-state index >= 15 is 0 Å². The van der Waals surface area contributed by atoms with E-state index < -0.39 is 0 Å². The fourth-order valence-corrected chi connectivity index (χ4v) is 1.32. The molecule has 0 heterocycles. The lowest BCUT2D eigenvalue weighted by atomic mass is 9.97. The van der Waals surface area contributed by atoms with Gasteiger partial charge in [-0.05, 0) is 38.0 Å². The second-order valence-electron chi connectivity index (χ2n) is 3.18. The van der Waals surface area contributed by atoms with Gasteiger partial charge in [0.15, 0.2) is 0 Å². The lowest BCUT2D eigenvalue weighted by Crippen LogP contribution is -2.00. The van der Waals surface area contributed by atoms with Crippen molar-refractivity contribution in [1.29, 1.82) is 0 Å². The van der Waals surface area contributed by atoms with E-state index in [9.17, 15) is 0 Å². The minimum absolute atomic E-state index is 0.928. The summed E-state index contributed by atoms with van der Waals surface area (Å²) in [5, 5.41) is 0. The second kappa shape index (κ2) is 3.53. The smallest absolute Gasteiger partial charge is 0.258 e. The lowest BCUT2D eigenvalue weighted by molar-refractivity contribution is -0.417. The molecule has 0 bridgehead atoms. The number of allylic oxidation sites excluding steroid dienone is 6. The zero-order chi connectivity index (χ0) is 9.14. The standard InChI is InChI=1S/C11H15O/c1-8(2)11-6-5-10(12-4)7-9(11)3/h5-7H,1-4H3/q+1. The van der Waals surface area contributed by atoms with Gasteiger partial charge >= 0.3 is 5.78 Å². The van der Waals surface area contributed by atoms with Crippen molar-refractivity contribution < 1.29 is 4.42 Å². The maximum absolute atomic E-state index is 5.12. The first-order valence-corrected chi connectivity index (χ1v) is 4.10. The van der Waals surface area contributed by atoms with Crippen molar-refractivity contribution in [2.75, 3.05) is 7.11 Å². The van der Waals surface area contributed by atoms with Crippen LogP contribution in [0.5, 0.6) is 0 Å². The first-order chi connectivity index (χ1) is 5.65. The minimum Gasteiger partial charge on any atom is -0.258 e. The molecule has 1 nitrogen and oxygen atoms in total. The average Bonchev–Trinajstić information content (AvgIpc) is 2.03. The SMILES string of the molecule is C[O+]=C1C=CC(=C(C)C)C(C)=C1. The molecule has 1 rings (SSSR count). The van der Waals surface area contributed by atoms with Crippen LogP contribution in [0.15, 0.2) is 34.9 Å². The first kappa shape index (κ1) is 8.98. The molecule has 0 aromatic heterocycles. The summed E-state index contributed by atoms with van der Waals surface area (Å²) >= 11 is 0. The van der Waals surface area contributed by atoms with Crippen LogP contribution in [0.2, 0.25) is 0 Å². The molecule has 0 aliphatic heterocycles. The highest BCUT2D eigenvalue weighted by atomic mass is 16.4. The maximum atomic E-state index is 5.12. The molecule has 0 N–H and O–H groups in total. The number of hydrogen-bond acceptors (Lipinski definition) is 0. The van der Waals surface area contributed by atoms with Crippen LogP contribution >= 0.6 is 0 Å². The molecular weight excluding hydrogens is 148 g/mol. The topological polar surface area (TPSA) is 11.3 Å². The van der Waals surface area contributed by atoms with Crippen molar-refractivity contribution in [2.45, 2.75) is 20.8 Å². The Morgan fingerprint density at radius 1 is 1.25 bits per heavy atom. The summed E-state index contributed by atoms with van der Waals surface area (Å²) in [6.45, 7) is 6.34. The molecule has 1 aliphatic rings. The van der Waals surface area contributed by atoms with E-state index in [1.54, 1.807) is 7.11 Å².